The minimum atomic E-state index is -0.368. The summed E-state index contributed by atoms with van der Waals surface area (Å²) in [6.45, 7) is 3.96. The Morgan fingerprint density at radius 1 is 1.44 bits per heavy atom. The van der Waals surface area contributed by atoms with E-state index >= 15 is 0 Å². The quantitative estimate of drug-likeness (QED) is 0.876. The molecule has 2 rings (SSSR count). The number of ether oxygens (including phenoxy) is 2. The van der Waals surface area contributed by atoms with Gasteiger partial charge in [0.15, 0.2) is 11.6 Å². The van der Waals surface area contributed by atoms with Gasteiger partial charge in [0.05, 0.1) is 20.3 Å². The highest BCUT2D eigenvalue weighted by molar-refractivity contribution is 5.31. The van der Waals surface area contributed by atoms with Crippen LogP contribution in [0.2, 0.25) is 0 Å². The summed E-state index contributed by atoms with van der Waals surface area (Å²) in [5.41, 5.74) is 6.89. The second-order valence-corrected chi connectivity index (χ2v) is 4.41. The first-order valence-corrected chi connectivity index (χ1v) is 6.10. The van der Waals surface area contributed by atoms with Gasteiger partial charge in [-0.1, -0.05) is 6.07 Å². The van der Waals surface area contributed by atoms with Gasteiger partial charge in [0.2, 0.25) is 0 Å². The lowest BCUT2D eigenvalue weighted by atomic mass is 10.1. The SMILES string of the molecule is COc1ccc(C(N)CN2CCOCC2)cc1F. The number of morpholine rings is 1. The van der Waals surface area contributed by atoms with Crippen LogP contribution in [0.25, 0.3) is 0 Å². The predicted octanol–water partition coefficient (Wildman–Crippen LogP) is 1.17. The Morgan fingerprint density at radius 2 is 2.17 bits per heavy atom. The van der Waals surface area contributed by atoms with Crippen molar-refractivity contribution in [3.63, 3.8) is 0 Å². The van der Waals surface area contributed by atoms with E-state index in [0.717, 1.165) is 38.4 Å². The van der Waals surface area contributed by atoms with Crippen LogP contribution in [0.5, 0.6) is 5.75 Å². The minimum absolute atomic E-state index is 0.191. The molecule has 1 aliphatic heterocycles. The molecule has 0 radical (unpaired) electrons. The summed E-state index contributed by atoms with van der Waals surface area (Å²) in [4.78, 5) is 2.23. The van der Waals surface area contributed by atoms with E-state index in [1.807, 2.05) is 6.07 Å². The van der Waals surface area contributed by atoms with Crippen LogP contribution in [0.4, 0.5) is 4.39 Å². The first kappa shape index (κ1) is 13.3. The van der Waals surface area contributed by atoms with E-state index in [9.17, 15) is 4.39 Å². The summed E-state index contributed by atoms with van der Waals surface area (Å²) in [5, 5.41) is 0. The second kappa shape index (κ2) is 6.13. The van der Waals surface area contributed by atoms with Crippen molar-refractivity contribution in [3.05, 3.63) is 29.6 Å². The highest BCUT2D eigenvalue weighted by Crippen LogP contribution is 2.21. The molecule has 1 fully saturated rings. The summed E-state index contributed by atoms with van der Waals surface area (Å²) >= 11 is 0. The van der Waals surface area contributed by atoms with Gasteiger partial charge in [-0.15, -0.1) is 0 Å². The van der Waals surface area contributed by atoms with E-state index in [2.05, 4.69) is 4.90 Å². The van der Waals surface area contributed by atoms with Crippen LogP contribution in [0, 0.1) is 5.82 Å². The first-order valence-electron chi connectivity index (χ1n) is 6.10. The lowest BCUT2D eigenvalue weighted by Gasteiger charge is -2.29. The van der Waals surface area contributed by atoms with E-state index in [4.69, 9.17) is 15.2 Å². The molecule has 18 heavy (non-hydrogen) atoms. The largest absolute Gasteiger partial charge is 0.494 e. The number of nitrogens with two attached hydrogens (primary N) is 1. The predicted molar refractivity (Wildman–Crippen MR) is 67.1 cm³/mol. The maximum Gasteiger partial charge on any atom is 0.165 e. The molecule has 0 aliphatic carbocycles. The van der Waals surface area contributed by atoms with E-state index < -0.39 is 0 Å². The van der Waals surface area contributed by atoms with E-state index in [-0.39, 0.29) is 17.6 Å². The molecule has 4 nitrogen and oxygen atoms in total. The normalized spacial score (nSPS) is 18.6. The fraction of sp³-hybridized carbons (Fsp3) is 0.538. The Labute approximate surface area is 106 Å². The standard InChI is InChI=1S/C13H19FN2O2/c1-17-13-3-2-10(8-11(13)14)12(15)9-16-4-6-18-7-5-16/h2-3,8,12H,4-7,9,15H2,1H3. The third-order valence-electron chi connectivity index (χ3n) is 3.16. The van der Waals surface area contributed by atoms with Gasteiger partial charge in [0.25, 0.3) is 0 Å². The van der Waals surface area contributed by atoms with Crippen molar-refractivity contribution < 1.29 is 13.9 Å². The first-order chi connectivity index (χ1) is 8.70. The second-order valence-electron chi connectivity index (χ2n) is 4.41. The molecule has 0 aromatic heterocycles. The molecular formula is C13H19FN2O2. The molecule has 1 unspecified atom stereocenters. The van der Waals surface area contributed by atoms with Crippen molar-refractivity contribution >= 4 is 0 Å². The zero-order chi connectivity index (χ0) is 13.0. The summed E-state index contributed by atoms with van der Waals surface area (Å²) in [6, 6.07) is 4.68. The molecule has 0 bridgehead atoms. The monoisotopic (exact) mass is 254 g/mol. The summed E-state index contributed by atoms with van der Waals surface area (Å²) in [6.07, 6.45) is 0. The molecule has 2 N–H and O–H groups in total. The van der Waals surface area contributed by atoms with Crippen LogP contribution >= 0.6 is 0 Å². The summed E-state index contributed by atoms with van der Waals surface area (Å²) < 4.78 is 23.7. The van der Waals surface area contributed by atoms with Crippen molar-refractivity contribution in [2.75, 3.05) is 40.0 Å². The average Bonchev–Trinajstić information content (AvgIpc) is 2.39. The van der Waals surface area contributed by atoms with E-state index in [1.165, 1.54) is 13.2 Å². The number of hydrogen-bond donors (Lipinski definition) is 1. The van der Waals surface area contributed by atoms with Crippen molar-refractivity contribution in [2.24, 2.45) is 5.73 Å². The van der Waals surface area contributed by atoms with Crippen LogP contribution in [0.1, 0.15) is 11.6 Å². The topological polar surface area (TPSA) is 47.7 Å². The van der Waals surface area contributed by atoms with Gasteiger partial charge >= 0.3 is 0 Å². The Bertz CT molecular complexity index is 395. The molecule has 100 valence electrons. The molecule has 1 saturated heterocycles. The van der Waals surface area contributed by atoms with Crippen molar-refractivity contribution in [1.82, 2.24) is 4.90 Å². The maximum absolute atomic E-state index is 13.6. The molecule has 0 amide bonds. The van der Waals surface area contributed by atoms with Crippen molar-refractivity contribution in [1.29, 1.82) is 0 Å². The lowest BCUT2D eigenvalue weighted by Crippen LogP contribution is -2.40. The fourth-order valence-electron chi connectivity index (χ4n) is 2.08. The van der Waals surface area contributed by atoms with Gasteiger partial charge in [-0.25, -0.2) is 4.39 Å². The molecule has 0 saturated carbocycles. The van der Waals surface area contributed by atoms with E-state index in [0.29, 0.717) is 0 Å². The van der Waals surface area contributed by atoms with Crippen LogP contribution < -0.4 is 10.5 Å². The van der Waals surface area contributed by atoms with Crippen molar-refractivity contribution in [3.8, 4) is 5.75 Å². The smallest absolute Gasteiger partial charge is 0.165 e. The third kappa shape index (κ3) is 3.19. The maximum atomic E-state index is 13.6. The third-order valence-corrected chi connectivity index (χ3v) is 3.16. The van der Waals surface area contributed by atoms with Gasteiger partial charge in [-0.05, 0) is 17.7 Å². The summed E-state index contributed by atoms with van der Waals surface area (Å²) in [5.74, 6) is -0.121. The highest BCUT2D eigenvalue weighted by Gasteiger charge is 2.16. The Kier molecular flexibility index (Phi) is 4.52. The Morgan fingerprint density at radius 3 is 2.78 bits per heavy atom. The van der Waals surface area contributed by atoms with Gasteiger partial charge < -0.3 is 15.2 Å². The summed E-state index contributed by atoms with van der Waals surface area (Å²) in [7, 11) is 1.45. The number of hydrogen-bond acceptors (Lipinski definition) is 4. The number of rotatable bonds is 4. The van der Waals surface area contributed by atoms with Crippen molar-refractivity contribution in [2.45, 2.75) is 6.04 Å². The number of methoxy groups -OCH3 is 1. The molecule has 1 heterocycles. The molecular weight excluding hydrogens is 235 g/mol. The molecule has 1 aromatic carbocycles. The number of benzene rings is 1. The number of nitrogens with zero attached hydrogens (tertiary/aromatic N) is 1. The van der Waals surface area contributed by atoms with Gasteiger partial charge in [-0.3, -0.25) is 4.90 Å². The zero-order valence-corrected chi connectivity index (χ0v) is 10.6. The zero-order valence-electron chi connectivity index (χ0n) is 10.6. The highest BCUT2D eigenvalue weighted by atomic mass is 19.1. The molecule has 5 heteroatoms. The van der Waals surface area contributed by atoms with Crippen LogP contribution in [0.15, 0.2) is 18.2 Å². The molecule has 1 aromatic rings. The van der Waals surface area contributed by atoms with Gasteiger partial charge in [-0.2, -0.15) is 0 Å². The van der Waals surface area contributed by atoms with Crippen LogP contribution in [0.3, 0.4) is 0 Å². The Hall–Kier alpha value is -1.17. The van der Waals surface area contributed by atoms with Crippen LogP contribution in [-0.4, -0.2) is 44.9 Å². The molecule has 1 aliphatic rings. The number of halogens is 1. The van der Waals surface area contributed by atoms with Crippen LogP contribution in [-0.2, 0) is 4.74 Å². The molecule has 0 spiro atoms. The minimum Gasteiger partial charge on any atom is -0.494 e. The fourth-order valence-corrected chi connectivity index (χ4v) is 2.08. The molecule has 1 atom stereocenters. The lowest BCUT2D eigenvalue weighted by molar-refractivity contribution is 0.0352. The van der Waals surface area contributed by atoms with Gasteiger partial charge in [0.1, 0.15) is 0 Å². The Balaban J connectivity index is 1.99. The van der Waals surface area contributed by atoms with Gasteiger partial charge in [0, 0.05) is 25.7 Å². The van der Waals surface area contributed by atoms with E-state index in [1.54, 1.807) is 6.07 Å². The average molecular weight is 254 g/mol.